The highest BCUT2D eigenvalue weighted by atomic mass is 32.2. The van der Waals surface area contributed by atoms with Crippen LogP contribution in [0.4, 0.5) is 5.69 Å². The van der Waals surface area contributed by atoms with Gasteiger partial charge in [-0.25, -0.2) is 9.67 Å². The van der Waals surface area contributed by atoms with E-state index in [-0.39, 0.29) is 29.3 Å². The van der Waals surface area contributed by atoms with Gasteiger partial charge in [0.2, 0.25) is 5.91 Å². The Morgan fingerprint density at radius 1 is 1.12 bits per heavy atom. The van der Waals surface area contributed by atoms with Crippen LogP contribution in [0.1, 0.15) is 12.6 Å². The third kappa shape index (κ3) is 4.22. The number of nitrogens with zero attached hydrogens (tertiary/aromatic N) is 4. The third-order valence-corrected chi connectivity index (χ3v) is 6.68. The molecule has 0 saturated carbocycles. The molecular weight excluding hydrogens is 450 g/mol. The lowest BCUT2D eigenvalue weighted by Gasteiger charge is -2.15. The van der Waals surface area contributed by atoms with Crippen LogP contribution in [-0.2, 0) is 18.4 Å². The SMILES string of the molecule is C=CCn1c(SC(C)C(=O)Nc2c(C)n(C)n(-c3ccccc3)c2=O)nc2ccccc2c1=O. The molecule has 0 aliphatic carbocycles. The van der Waals surface area contributed by atoms with Gasteiger partial charge in [0.1, 0.15) is 5.69 Å². The van der Waals surface area contributed by atoms with E-state index in [2.05, 4.69) is 16.9 Å². The highest BCUT2D eigenvalue weighted by Crippen LogP contribution is 2.24. The summed E-state index contributed by atoms with van der Waals surface area (Å²) in [6, 6.07) is 16.3. The summed E-state index contributed by atoms with van der Waals surface area (Å²) in [7, 11) is 1.77. The van der Waals surface area contributed by atoms with Gasteiger partial charge >= 0.3 is 0 Å². The van der Waals surface area contributed by atoms with Crippen LogP contribution in [-0.4, -0.2) is 30.1 Å². The zero-order chi connectivity index (χ0) is 24.4. The minimum absolute atomic E-state index is 0.190. The first kappa shape index (κ1) is 23.3. The molecule has 1 amide bonds. The smallest absolute Gasteiger partial charge is 0.295 e. The Hall–Kier alpha value is -3.85. The minimum Gasteiger partial charge on any atom is -0.319 e. The molecule has 2 aromatic heterocycles. The monoisotopic (exact) mass is 475 g/mol. The number of fused-ring (bicyclic) bond motifs is 1. The summed E-state index contributed by atoms with van der Waals surface area (Å²) in [5.41, 5.74) is 1.61. The number of nitrogens with one attached hydrogen (secondary N) is 1. The Labute approximate surface area is 200 Å². The van der Waals surface area contributed by atoms with E-state index < -0.39 is 5.25 Å². The fourth-order valence-corrected chi connectivity index (χ4v) is 4.59. The highest BCUT2D eigenvalue weighted by molar-refractivity contribution is 8.00. The van der Waals surface area contributed by atoms with Crippen molar-refractivity contribution in [1.29, 1.82) is 0 Å². The maximum atomic E-state index is 13.1. The Morgan fingerprint density at radius 2 is 1.79 bits per heavy atom. The van der Waals surface area contributed by atoms with Gasteiger partial charge in [-0.1, -0.05) is 48.2 Å². The predicted octanol–water partition coefficient (Wildman–Crippen LogP) is 3.50. The predicted molar refractivity (Wildman–Crippen MR) is 136 cm³/mol. The van der Waals surface area contributed by atoms with Gasteiger partial charge in [-0.3, -0.25) is 23.6 Å². The van der Waals surface area contributed by atoms with Crippen molar-refractivity contribution in [2.24, 2.45) is 7.05 Å². The van der Waals surface area contributed by atoms with Gasteiger partial charge in [0, 0.05) is 13.6 Å². The zero-order valence-corrected chi connectivity index (χ0v) is 20.0. The molecule has 0 bridgehead atoms. The molecule has 0 aliphatic heterocycles. The van der Waals surface area contributed by atoms with Crippen molar-refractivity contribution in [3.63, 3.8) is 0 Å². The number of carbonyl (C=O) groups excluding carboxylic acids is 1. The van der Waals surface area contributed by atoms with Crippen molar-refractivity contribution >= 4 is 34.3 Å². The molecule has 4 aromatic rings. The average Bonchev–Trinajstić information content (AvgIpc) is 3.05. The maximum absolute atomic E-state index is 13.1. The highest BCUT2D eigenvalue weighted by Gasteiger charge is 2.23. The second-order valence-electron chi connectivity index (χ2n) is 7.80. The Morgan fingerprint density at radius 3 is 2.50 bits per heavy atom. The quantitative estimate of drug-likeness (QED) is 0.251. The molecule has 9 heteroatoms. The van der Waals surface area contributed by atoms with E-state index in [0.717, 1.165) is 11.8 Å². The number of rotatable bonds is 7. The lowest BCUT2D eigenvalue weighted by molar-refractivity contribution is -0.115. The number of carbonyl (C=O) groups is 1. The van der Waals surface area contributed by atoms with Crippen LogP contribution < -0.4 is 16.4 Å². The van der Waals surface area contributed by atoms with E-state index >= 15 is 0 Å². The van der Waals surface area contributed by atoms with Gasteiger partial charge in [-0.05, 0) is 38.1 Å². The number of aromatic nitrogens is 4. The third-order valence-electron chi connectivity index (χ3n) is 5.59. The first-order valence-corrected chi connectivity index (χ1v) is 11.6. The summed E-state index contributed by atoms with van der Waals surface area (Å²) < 4.78 is 4.72. The molecule has 0 aliphatic rings. The fraction of sp³-hybridized carbons (Fsp3) is 0.200. The van der Waals surface area contributed by atoms with Crippen LogP contribution >= 0.6 is 11.8 Å². The molecular formula is C25H25N5O3S. The number of hydrogen-bond acceptors (Lipinski definition) is 5. The van der Waals surface area contributed by atoms with Crippen molar-refractivity contribution in [2.75, 3.05) is 5.32 Å². The maximum Gasteiger partial charge on any atom is 0.295 e. The zero-order valence-electron chi connectivity index (χ0n) is 19.2. The molecule has 0 spiro atoms. The average molecular weight is 476 g/mol. The summed E-state index contributed by atoms with van der Waals surface area (Å²) in [5, 5.41) is 3.09. The topological polar surface area (TPSA) is 90.9 Å². The molecule has 2 aromatic carbocycles. The summed E-state index contributed by atoms with van der Waals surface area (Å²) in [5.74, 6) is -0.358. The van der Waals surface area contributed by atoms with Gasteiger partial charge in [-0.15, -0.1) is 6.58 Å². The molecule has 174 valence electrons. The molecule has 2 heterocycles. The first-order chi connectivity index (χ1) is 16.3. The van der Waals surface area contributed by atoms with Crippen LogP contribution in [0.25, 0.3) is 16.6 Å². The normalized spacial score (nSPS) is 12.0. The van der Waals surface area contributed by atoms with Crippen molar-refractivity contribution in [3.8, 4) is 5.69 Å². The number of benzene rings is 2. The summed E-state index contributed by atoms with van der Waals surface area (Å²) in [6.07, 6.45) is 1.62. The second-order valence-corrected chi connectivity index (χ2v) is 9.11. The van der Waals surface area contributed by atoms with Crippen molar-refractivity contribution in [2.45, 2.75) is 30.8 Å². The molecule has 1 unspecified atom stereocenters. The Kier molecular flexibility index (Phi) is 6.56. The largest absolute Gasteiger partial charge is 0.319 e. The fourth-order valence-electron chi connectivity index (χ4n) is 3.68. The molecule has 0 radical (unpaired) electrons. The first-order valence-electron chi connectivity index (χ1n) is 10.8. The second kappa shape index (κ2) is 9.56. The number of thioether (sulfide) groups is 1. The summed E-state index contributed by atoms with van der Waals surface area (Å²) >= 11 is 1.16. The molecule has 4 rings (SSSR count). The Balaban J connectivity index is 1.63. The van der Waals surface area contributed by atoms with Crippen LogP contribution in [0.3, 0.4) is 0 Å². The summed E-state index contributed by atoms with van der Waals surface area (Å²) in [6.45, 7) is 7.49. The van der Waals surface area contributed by atoms with Gasteiger partial charge in [-0.2, -0.15) is 0 Å². The summed E-state index contributed by atoms with van der Waals surface area (Å²) in [4.78, 5) is 43.7. The molecule has 34 heavy (non-hydrogen) atoms. The van der Waals surface area contributed by atoms with Gasteiger partial charge in [0.25, 0.3) is 11.1 Å². The number of amides is 1. The standard InChI is InChI=1S/C25H25N5O3S/c1-5-15-29-23(32)19-13-9-10-14-20(19)26-25(29)34-17(3)22(31)27-21-16(2)28(4)30(24(21)33)18-11-7-6-8-12-18/h5-14,17H,1,15H2,2-4H3,(H,27,31). The van der Waals surface area contributed by atoms with Gasteiger partial charge < -0.3 is 5.32 Å². The number of allylic oxidation sites excluding steroid dienone is 1. The van der Waals surface area contributed by atoms with E-state index in [1.54, 1.807) is 49.9 Å². The molecule has 1 N–H and O–H groups in total. The van der Waals surface area contributed by atoms with Crippen LogP contribution in [0.5, 0.6) is 0 Å². The molecule has 1 atom stereocenters. The van der Waals surface area contributed by atoms with E-state index in [4.69, 9.17) is 0 Å². The van der Waals surface area contributed by atoms with E-state index in [1.807, 2.05) is 36.4 Å². The van der Waals surface area contributed by atoms with Crippen LogP contribution in [0, 0.1) is 6.92 Å². The molecule has 0 saturated heterocycles. The van der Waals surface area contributed by atoms with Crippen molar-refractivity contribution in [3.05, 3.63) is 93.7 Å². The van der Waals surface area contributed by atoms with Gasteiger partial charge in [0.05, 0.1) is 27.5 Å². The molecule has 0 fully saturated rings. The van der Waals surface area contributed by atoms with Crippen molar-refractivity contribution < 1.29 is 4.79 Å². The molecule has 8 nitrogen and oxygen atoms in total. The number of hydrogen-bond donors (Lipinski definition) is 1. The minimum atomic E-state index is -0.617. The van der Waals surface area contributed by atoms with E-state index in [1.165, 1.54) is 9.25 Å². The van der Waals surface area contributed by atoms with Gasteiger partial charge in [0.15, 0.2) is 5.16 Å². The van der Waals surface area contributed by atoms with Crippen LogP contribution in [0.2, 0.25) is 0 Å². The van der Waals surface area contributed by atoms with Crippen molar-refractivity contribution in [1.82, 2.24) is 18.9 Å². The lowest BCUT2D eigenvalue weighted by Crippen LogP contribution is -2.29. The Bertz CT molecular complexity index is 1500. The number of anilines is 1. The lowest BCUT2D eigenvalue weighted by atomic mass is 10.2. The van der Waals surface area contributed by atoms with E-state index in [0.29, 0.717) is 27.4 Å². The number of para-hydroxylation sites is 2. The van der Waals surface area contributed by atoms with Crippen LogP contribution in [0.15, 0.2) is 82.0 Å². The van der Waals surface area contributed by atoms with E-state index in [9.17, 15) is 14.4 Å².